The molecule has 0 radical (unpaired) electrons. The topological polar surface area (TPSA) is 88.9 Å². The van der Waals surface area contributed by atoms with Crippen molar-refractivity contribution in [3.63, 3.8) is 0 Å². The van der Waals surface area contributed by atoms with Gasteiger partial charge < -0.3 is 15.2 Å². The van der Waals surface area contributed by atoms with Crippen LogP contribution in [0, 0.1) is 11.7 Å². The van der Waals surface area contributed by atoms with Gasteiger partial charge in [-0.05, 0) is 36.1 Å². The van der Waals surface area contributed by atoms with Crippen molar-refractivity contribution in [2.75, 3.05) is 12.4 Å². The maximum atomic E-state index is 15.5. The number of hydrogen-bond donors (Lipinski definition) is 2. The normalized spacial score (nSPS) is 14.7. The van der Waals surface area contributed by atoms with Crippen LogP contribution in [0.5, 0.6) is 0 Å². The van der Waals surface area contributed by atoms with Crippen molar-refractivity contribution in [1.82, 2.24) is 19.9 Å². The predicted octanol–water partition coefficient (Wildman–Crippen LogP) is 3.43. The van der Waals surface area contributed by atoms with E-state index in [1.54, 1.807) is 42.3 Å². The van der Waals surface area contributed by atoms with E-state index in [4.69, 9.17) is 0 Å². The number of halogens is 1. The number of imidazole rings is 1. The van der Waals surface area contributed by atoms with E-state index < -0.39 is 0 Å². The Balaban J connectivity index is 1.56. The Morgan fingerprint density at radius 1 is 1.19 bits per heavy atom. The summed E-state index contributed by atoms with van der Waals surface area (Å²) in [5, 5.41) is 5.51. The zero-order valence-electron chi connectivity index (χ0n) is 17.8. The number of rotatable bonds is 5. The molecule has 2 aliphatic rings. The van der Waals surface area contributed by atoms with Crippen LogP contribution in [0.3, 0.4) is 0 Å². The molecule has 5 rings (SSSR count). The highest BCUT2D eigenvalue weighted by molar-refractivity contribution is 6.04. The minimum atomic E-state index is -0.372. The van der Waals surface area contributed by atoms with Crippen LogP contribution < -0.4 is 10.6 Å². The third kappa shape index (κ3) is 3.47. The van der Waals surface area contributed by atoms with Crippen molar-refractivity contribution in [3.8, 4) is 11.3 Å². The molecule has 2 aromatic heterocycles. The predicted molar refractivity (Wildman–Crippen MR) is 119 cm³/mol. The Labute approximate surface area is 184 Å². The number of carbonyl (C=O) groups excluding carboxylic acids is 2. The Morgan fingerprint density at radius 3 is 2.66 bits per heavy atom. The summed E-state index contributed by atoms with van der Waals surface area (Å²) in [5.74, 6) is -0.272. The van der Waals surface area contributed by atoms with Crippen LogP contribution in [0.15, 0.2) is 36.9 Å². The fourth-order valence-corrected chi connectivity index (χ4v) is 4.02. The number of pyridine rings is 1. The molecule has 8 heteroatoms. The molecule has 32 heavy (non-hydrogen) atoms. The first-order valence-electron chi connectivity index (χ1n) is 10.5. The van der Waals surface area contributed by atoms with Gasteiger partial charge in [-0.1, -0.05) is 12.1 Å². The fraction of sp³-hybridized carbons (Fsp3) is 0.250. The molecule has 0 spiro atoms. The number of aryl methyl sites for hydroxylation is 1. The van der Waals surface area contributed by atoms with Crippen LogP contribution >= 0.6 is 0 Å². The summed E-state index contributed by atoms with van der Waals surface area (Å²) >= 11 is 0. The Kier molecular flexibility index (Phi) is 4.84. The van der Waals surface area contributed by atoms with Gasteiger partial charge in [0.25, 0.3) is 5.91 Å². The molecule has 3 aromatic rings. The minimum absolute atomic E-state index is 0.0207. The van der Waals surface area contributed by atoms with Crippen LogP contribution in [0.2, 0.25) is 0 Å². The molecule has 0 saturated heterocycles. The molecule has 2 N–H and O–H groups in total. The molecule has 1 fully saturated rings. The molecule has 0 unspecified atom stereocenters. The standard InChI is InChI=1S/C24H22FN5O2/c1-26-24(32)19-10-27-22(29-23(31)13-6-7-13)18-9-14(8-17(18)19)15-4-3-5-16(21(15)25)20-11-30(2)12-28-20/h3-5,8,10-13H,6-7,9H2,1-2H3,(H,26,32)(H,27,29,31). The van der Waals surface area contributed by atoms with Gasteiger partial charge in [0.05, 0.1) is 17.6 Å². The molecule has 0 aliphatic heterocycles. The molecular formula is C24H22FN5O2. The van der Waals surface area contributed by atoms with Crippen LogP contribution in [-0.2, 0) is 18.3 Å². The van der Waals surface area contributed by atoms with Gasteiger partial charge in [-0.25, -0.2) is 14.4 Å². The van der Waals surface area contributed by atoms with Gasteiger partial charge in [-0.15, -0.1) is 0 Å². The van der Waals surface area contributed by atoms with E-state index in [0.717, 1.165) is 24.0 Å². The van der Waals surface area contributed by atoms with Crippen LogP contribution in [0.4, 0.5) is 10.2 Å². The quantitative estimate of drug-likeness (QED) is 0.648. The van der Waals surface area contributed by atoms with E-state index in [-0.39, 0.29) is 23.5 Å². The van der Waals surface area contributed by atoms with Crippen LogP contribution in [0.25, 0.3) is 22.9 Å². The SMILES string of the molecule is CNC(=O)c1cnc(NC(=O)C2CC2)c2c1C=C(c1cccc(-c3cn(C)cn3)c1F)C2. The largest absolute Gasteiger partial charge is 0.355 e. The first-order valence-corrected chi connectivity index (χ1v) is 10.5. The molecular weight excluding hydrogens is 409 g/mol. The van der Waals surface area contributed by atoms with Crippen LogP contribution in [0.1, 0.15) is 39.9 Å². The van der Waals surface area contributed by atoms with Gasteiger partial charge in [0.2, 0.25) is 5.91 Å². The van der Waals surface area contributed by atoms with E-state index in [2.05, 4.69) is 20.6 Å². The number of nitrogens with one attached hydrogen (secondary N) is 2. The number of hydrogen-bond acceptors (Lipinski definition) is 4. The highest BCUT2D eigenvalue weighted by Crippen LogP contribution is 2.40. The molecule has 1 saturated carbocycles. The smallest absolute Gasteiger partial charge is 0.253 e. The van der Waals surface area contributed by atoms with Gasteiger partial charge in [-0.2, -0.15) is 0 Å². The van der Waals surface area contributed by atoms with Crippen molar-refractivity contribution < 1.29 is 14.0 Å². The molecule has 2 amide bonds. The lowest BCUT2D eigenvalue weighted by molar-refractivity contribution is -0.117. The summed E-state index contributed by atoms with van der Waals surface area (Å²) < 4.78 is 17.3. The average molecular weight is 431 g/mol. The van der Waals surface area contributed by atoms with E-state index in [1.165, 1.54) is 6.20 Å². The number of carbonyl (C=O) groups is 2. The lowest BCUT2D eigenvalue weighted by Crippen LogP contribution is -2.21. The Bertz CT molecular complexity index is 1290. The van der Waals surface area contributed by atoms with Gasteiger partial charge in [0.1, 0.15) is 11.6 Å². The highest BCUT2D eigenvalue weighted by atomic mass is 19.1. The molecule has 0 atom stereocenters. The van der Waals surface area contributed by atoms with Gasteiger partial charge in [0, 0.05) is 55.5 Å². The number of benzene rings is 1. The van der Waals surface area contributed by atoms with E-state index >= 15 is 4.39 Å². The first kappa shape index (κ1) is 20.1. The molecule has 1 aromatic carbocycles. The second-order valence-corrected chi connectivity index (χ2v) is 8.19. The zero-order chi connectivity index (χ0) is 22.4. The summed E-state index contributed by atoms with van der Waals surface area (Å²) in [6, 6.07) is 5.21. The Morgan fingerprint density at radius 2 is 1.97 bits per heavy atom. The van der Waals surface area contributed by atoms with Crippen molar-refractivity contribution >= 4 is 29.3 Å². The number of fused-ring (bicyclic) bond motifs is 1. The molecule has 2 aliphatic carbocycles. The fourth-order valence-electron chi connectivity index (χ4n) is 4.02. The minimum Gasteiger partial charge on any atom is -0.355 e. The van der Waals surface area contributed by atoms with Gasteiger partial charge in [0.15, 0.2) is 0 Å². The highest BCUT2D eigenvalue weighted by Gasteiger charge is 2.32. The monoisotopic (exact) mass is 431 g/mol. The second kappa shape index (κ2) is 7.71. The molecule has 162 valence electrons. The maximum Gasteiger partial charge on any atom is 0.253 e. The Hall–Kier alpha value is -3.81. The molecule has 2 heterocycles. The third-order valence-electron chi connectivity index (χ3n) is 5.90. The van der Waals surface area contributed by atoms with Gasteiger partial charge >= 0.3 is 0 Å². The van der Waals surface area contributed by atoms with Crippen molar-refractivity contribution in [2.45, 2.75) is 19.3 Å². The molecule has 7 nitrogen and oxygen atoms in total. The number of allylic oxidation sites excluding steroid dienone is 1. The van der Waals surface area contributed by atoms with Crippen molar-refractivity contribution in [3.05, 3.63) is 65.0 Å². The number of aromatic nitrogens is 3. The van der Waals surface area contributed by atoms with Gasteiger partial charge in [-0.3, -0.25) is 9.59 Å². The summed E-state index contributed by atoms with van der Waals surface area (Å²) in [6.45, 7) is 0. The summed E-state index contributed by atoms with van der Waals surface area (Å²) in [6.07, 6.45) is 8.77. The average Bonchev–Trinajstić information content (AvgIpc) is 3.41. The van der Waals surface area contributed by atoms with Crippen LogP contribution in [-0.4, -0.2) is 33.4 Å². The lowest BCUT2D eigenvalue weighted by Gasteiger charge is -2.12. The summed E-state index contributed by atoms with van der Waals surface area (Å²) in [7, 11) is 3.38. The summed E-state index contributed by atoms with van der Waals surface area (Å²) in [4.78, 5) is 33.4. The maximum absolute atomic E-state index is 15.5. The number of nitrogens with zero attached hydrogens (tertiary/aromatic N) is 3. The second-order valence-electron chi connectivity index (χ2n) is 8.19. The summed E-state index contributed by atoms with van der Waals surface area (Å²) in [5.41, 5.74) is 3.88. The number of anilines is 1. The van der Waals surface area contributed by atoms with Crippen molar-refractivity contribution in [2.24, 2.45) is 13.0 Å². The lowest BCUT2D eigenvalue weighted by atomic mass is 9.99. The third-order valence-corrected chi connectivity index (χ3v) is 5.90. The molecule has 0 bridgehead atoms. The van der Waals surface area contributed by atoms with Crippen molar-refractivity contribution in [1.29, 1.82) is 0 Å². The number of amides is 2. The van der Waals surface area contributed by atoms with E-state index in [1.807, 2.05) is 13.1 Å². The zero-order valence-corrected chi connectivity index (χ0v) is 17.8. The van der Waals surface area contributed by atoms with E-state index in [0.29, 0.717) is 40.2 Å². The van der Waals surface area contributed by atoms with E-state index in [9.17, 15) is 9.59 Å². The first-order chi connectivity index (χ1) is 15.5.